The summed E-state index contributed by atoms with van der Waals surface area (Å²) in [5.41, 5.74) is 1.23. The first kappa shape index (κ1) is 26.9. The molecule has 0 bridgehead atoms. The van der Waals surface area contributed by atoms with Crippen molar-refractivity contribution in [2.75, 3.05) is 0 Å². The SMILES string of the molecule is CCCCCCCCCCCCCCCCCC[n+]1ccn(-c2ccccc2)c1.[Br-]. The van der Waals surface area contributed by atoms with Crippen LogP contribution in [0.1, 0.15) is 110 Å². The van der Waals surface area contributed by atoms with Gasteiger partial charge in [-0.05, 0) is 25.0 Å². The maximum Gasteiger partial charge on any atom is 0.248 e. The molecule has 0 radical (unpaired) electrons. The second-order valence-electron chi connectivity index (χ2n) is 8.70. The van der Waals surface area contributed by atoms with Gasteiger partial charge in [0, 0.05) is 0 Å². The van der Waals surface area contributed by atoms with Crippen LogP contribution in [0.3, 0.4) is 0 Å². The van der Waals surface area contributed by atoms with E-state index < -0.39 is 0 Å². The molecule has 2 aromatic rings. The summed E-state index contributed by atoms with van der Waals surface area (Å²) in [7, 11) is 0. The van der Waals surface area contributed by atoms with Crippen LogP contribution in [-0.4, -0.2) is 4.57 Å². The second-order valence-corrected chi connectivity index (χ2v) is 8.70. The van der Waals surface area contributed by atoms with E-state index in [1.165, 1.54) is 108 Å². The van der Waals surface area contributed by atoms with Gasteiger partial charge in [0.15, 0.2) is 0 Å². The van der Waals surface area contributed by atoms with Crippen LogP contribution in [0.5, 0.6) is 0 Å². The van der Waals surface area contributed by atoms with Gasteiger partial charge in [-0.3, -0.25) is 0 Å². The maximum atomic E-state index is 2.32. The lowest BCUT2D eigenvalue weighted by molar-refractivity contribution is -0.696. The zero-order valence-electron chi connectivity index (χ0n) is 19.4. The van der Waals surface area contributed by atoms with E-state index in [-0.39, 0.29) is 17.0 Å². The van der Waals surface area contributed by atoms with E-state index >= 15 is 0 Å². The molecule has 0 aliphatic carbocycles. The van der Waals surface area contributed by atoms with Crippen LogP contribution in [0.25, 0.3) is 5.69 Å². The Labute approximate surface area is 196 Å². The van der Waals surface area contributed by atoms with Crippen LogP contribution >= 0.6 is 0 Å². The molecule has 0 saturated carbocycles. The molecule has 0 saturated heterocycles. The van der Waals surface area contributed by atoms with E-state index in [9.17, 15) is 0 Å². The van der Waals surface area contributed by atoms with Gasteiger partial charge in [-0.15, -0.1) is 0 Å². The fraction of sp³-hybridized carbons (Fsp3) is 0.667. The topological polar surface area (TPSA) is 8.81 Å². The molecule has 2 rings (SSSR count). The minimum Gasteiger partial charge on any atom is -1.00 e. The summed E-state index contributed by atoms with van der Waals surface area (Å²) in [5.74, 6) is 0. The van der Waals surface area contributed by atoms with Crippen molar-refractivity contribution in [2.45, 2.75) is 116 Å². The van der Waals surface area contributed by atoms with Crippen molar-refractivity contribution in [3.8, 4) is 5.69 Å². The standard InChI is InChI=1S/C27H45N2.BrH/c1-2-3-4-5-6-7-8-9-10-11-12-13-14-15-16-20-23-28-24-25-29(26-28)27-21-18-17-19-22-27;/h17-19,21-22,24-26H,2-16,20,23H2,1H3;1H/q+1;/p-1. The van der Waals surface area contributed by atoms with E-state index in [4.69, 9.17) is 0 Å². The molecule has 0 N–H and O–H groups in total. The van der Waals surface area contributed by atoms with Gasteiger partial charge >= 0.3 is 0 Å². The Bertz CT molecular complexity index is 608. The molecule has 170 valence electrons. The quantitative estimate of drug-likeness (QED) is 0.210. The molecule has 0 spiro atoms. The van der Waals surface area contributed by atoms with Crippen molar-refractivity contribution in [3.05, 3.63) is 49.1 Å². The number of hydrogen-bond acceptors (Lipinski definition) is 0. The lowest BCUT2D eigenvalue weighted by Gasteiger charge is -2.03. The van der Waals surface area contributed by atoms with Crippen molar-refractivity contribution in [2.24, 2.45) is 0 Å². The van der Waals surface area contributed by atoms with E-state index in [0.29, 0.717) is 0 Å². The first-order chi connectivity index (χ1) is 14.4. The number of para-hydroxylation sites is 1. The molecule has 0 fully saturated rings. The fourth-order valence-corrected chi connectivity index (χ4v) is 4.12. The summed E-state index contributed by atoms with van der Waals surface area (Å²) >= 11 is 0. The van der Waals surface area contributed by atoms with E-state index in [1.807, 2.05) is 0 Å². The van der Waals surface area contributed by atoms with Crippen molar-refractivity contribution in [3.63, 3.8) is 0 Å². The summed E-state index contributed by atoms with van der Waals surface area (Å²) in [4.78, 5) is 0. The number of benzene rings is 1. The van der Waals surface area contributed by atoms with Gasteiger partial charge in [-0.1, -0.05) is 115 Å². The van der Waals surface area contributed by atoms with E-state index in [1.54, 1.807) is 0 Å². The Morgan fingerprint density at radius 2 is 1.10 bits per heavy atom. The number of rotatable bonds is 18. The van der Waals surface area contributed by atoms with Crippen LogP contribution in [0.4, 0.5) is 0 Å². The number of imidazole rings is 1. The average molecular weight is 478 g/mol. The highest BCUT2D eigenvalue weighted by Gasteiger charge is 2.05. The lowest BCUT2D eigenvalue weighted by Crippen LogP contribution is -3.00. The number of aromatic nitrogens is 2. The number of nitrogens with zero attached hydrogens (tertiary/aromatic N) is 2. The summed E-state index contributed by atoms with van der Waals surface area (Å²) in [6.07, 6.45) is 29.4. The summed E-state index contributed by atoms with van der Waals surface area (Å²) in [6, 6.07) is 10.6. The Hall–Kier alpha value is -1.09. The molecule has 1 heterocycles. The zero-order valence-corrected chi connectivity index (χ0v) is 21.0. The molecule has 0 aliphatic heterocycles. The van der Waals surface area contributed by atoms with Gasteiger partial charge in [0.1, 0.15) is 18.1 Å². The molecule has 0 atom stereocenters. The monoisotopic (exact) mass is 476 g/mol. The smallest absolute Gasteiger partial charge is 0.248 e. The molecule has 1 aromatic carbocycles. The third-order valence-corrected chi connectivity index (χ3v) is 6.02. The largest absolute Gasteiger partial charge is 1.00 e. The Kier molecular flexibility index (Phi) is 16.8. The highest BCUT2D eigenvalue weighted by atomic mass is 79.9. The summed E-state index contributed by atoms with van der Waals surface area (Å²) in [6.45, 7) is 3.43. The predicted octanol–water partition coefficient (Wildman–Crippen LogP) is 5.03. The van der Waals surface area contributed by atoms with Crippen LogP contribution in [0, 0.1) is 0 Å². The van der Waals surface area contributed by atoms with Gasteiger partial charge < -0.3 is 17.0 Å². The van der Waals surface area contributed by atoms with Crippen LogP contribution in [0.15, 0.2) is 49.1 Å². The van der Waals surface area contributed by atoms with Gasteiger partial charge in [-0.2, -0.15) is 0 Å². The number of halogens is 1. The maximum absolute atomic E-state index is 2.32. The molecule has 0 amide bonds. The molecule has 3 heteroatoms. The Morgan fingerprint density at radius 3 is 1.60 bits per heavy atom. The molecule has 1 aromatic heterocycles. The highest BCUT2D eigenvalue weighted by Crippen LogP contribution is 2.13. The van der Waals surface area contributed by atoms with Crippen molar-refractivity contribution >= 4 is 0 Å². The van der Waals surface area contributed by atoms with Gasteiger partial charge in [0.25, 0.3) is 0 Å². The first-order valence-corrected chi connectivity index (χ1v) is 12.5. The average Bonchev–Trinajstić information content (AvgIpc) is 3.23. The van der Waals surface area contributed by atoms with Crippen molar-refractivity contribution in [1.29, 1.82) is 0 Å². The molecule has 0 aliphatic rings. The fourth-order valence-electron chi connectivity index (χ4n) is 4.12. The summed E-state index contributed by atoms with van der Waals surface area (Å²) in [5, 5.41) is 0. The molecular formula is C27H45BrN2. The van der Waals surface area contributed by atoms with Crippen molar-refractivity contribution < 1.29 is 21.5 Å². The number of aryl methyl sites for hydroxylation is 1. The van der Waals surface area contributed by atoms with Gasteiger partial charge in [-0.25, -0.2) is 9.13 Å². The Morgan fingerprint density at radius 1 is 0.633 bits per heavy atom. The molecular weight excluding hydrogens is 432 g/mol. The minimum atomic E-state index is 0. The highest BCUT2D eigenvalue weighted by molar-refractivity contribution is 5.30. The van der Waals surface area contributed by atoms with Crippen molar-refractivity contribution in [1.82, 2.24) is 4.57 Å². The van der Waals surface area contributed by atoms with Crippen LogP contribution in [-0.2, 0) is 6.54 Å². The first-order valence-electron chi connectivity index (χ1n) is 12.5. The molecule has 0 unspecified atom stereocenters. The van der Waals surface area contributed by atoms with Crippen LogP contribution in [0.2, 0.25) is 0 Å². The third kappa shape index (κ3) is 12.6. The molecule has 30 heavy (non-hydrogen) atoms. The lowest BCUT2D eigenvalue weighted by atomic mass is 10.0. The van der Waals surface area contributed by atoms with E-state index in [2.05, 4.69) is 65.1 Å². The zero-order chi connectivity index (χ0) is 20.4. The third-order valence-electron chi connectivity index (χ3n) is 6.02. The second kappa shape index (κ2) is 18.7. The normalized spacial score (nSPS) is 10.8. The molecule has 2 nitrogen and oxygen atoms in total. The minimum absolute atomic E-state index is 0. The summed E-state index contributed by atoms with van der Waals surface area (Å²) < 4.78 is 4.52. The predicted molar refractivity (Wildman–Crippen MR) is 126 cm³/mol. The number of unbranched alkanes of at least 4 members (excludes halogenated alkanes) is 15. The van der Waals surface area contributed by atoms with E-state index in [0.717, 1.165) is 6.54 Å². The van der Waals surface area contributed by atoms with Gasteiger partial charge in [0.05, 0.1) is 6.54 Å². The van der Waals surface area contributed by atoms with Gasteiger partial charge in [0.2, 0.25) is 6.33 Å². The number of hydrogen-bond donors (Lipinski definition) is 0. The Balaban J connectivity index is 0.00000450. The van der Waals surface area contributed by atoms with Crippen LogP contribution < -0.4 is 21.5 Å².